The van der Waals surface area contributed by atoms with E-state index in [1.165, 1.54) is 0 Å². The summed E-state index contributed by atoms with van der Waals surface area (Å²) in [5, 5.41) is 4.78. The van der Waals surface area contributed by atoms with E-state index >= 15 is 0 Å². The number of benzene rings is 3. The van der Waals surface area contributed by atoms with E-state index < -0.39 is 0 Å². The topological polar surface area (TPSA) is 76.9 Å². The molecule has 0 atom stereocenters. The molecule has 0 aliphatic carbocycles. The molecule has 2 heterocycles. The van der Waals surface area contributed by atoms with Gasteiger partial charge in [-0.25, -0.2) is 4.68 Å². The minimum Gasteiger partial charge on any atom is -0.497 e. The first-order chi connectivity index (χ1) is 18.1. The normalized spacial score (nSPS) is 13.4. The number of methoxy groups -OCH3 is 2. The van der Waals surface area contributed by atoms with Crippen LogP contribution in [0, 0.1) is 0 Å². The van der Waals surface area contributed by atoms with Crippen molar-refractivity contribution >= 4 is 11.8 Å². The molecule has 1 saturated heterocycles. The summed E-state index contributed by atoms with van der Waals surface area (Å²) in [7, 11) is 3.19. The van der Waals surface area contributed by atoms with Gasteiger partial charge in [0.05, 0.1) is 25.5 Å². The first kappa shape index (κ1) is 24.1. The van der Waals surface area contributed by atoms with E-state index in [1.54, 1.807) is 53.1 Å². The highest BCUT2D eigenvalue weighted by Crippen LogP contribution is 2.28. The van der Waals surface area contributed by atoms with Crippen LogP contribution in [0.4, 0.5) is 0 Å². The monoisotopic (exact) mass is 496 g/mol. The van der Waals surface area contributed by atoms with E-state index in [2.05, 4.69) is 0 Å². The van der Waals surface area contributed by atoms with Gasteiger partial charge >= 0.3 is 0 Å². The molecule has 0 N–H and O–H groups in total. The van der Waals surface area contributed by atoms with Crippen molar-refractivity contribution in [1.82, 2.24) is 19.6 Å². The molecule has 0 unspecified atom stereocenters. The molecular weight excluding hydrogens is 468 g/mol. The number of ether oxygens (including phenoxy) is 2. The van der Waals surface area contributed by atoms with Gasteiger partial charge in [-0.1, -0.05) is 36.4 Å². The van der Waals surface area contributed by atoms with E-state index in [9.17, 15) is 9.59 Å². The Morgan fingerprint density at radius 2 is 1.35 bits per heavy atom. The second-order valence-corrected chi connectivity index (χ2v) is 8.72. The van der Waals surface area contributed by atoms with E-state index in [-0.39, 0.29) is 11.8 Å². The van der Waals surface area contributed by atoms with Crippen molar-refractivity contribution < 1.29 is 19.1 Å². The molecule has 1 aromatic heterocycles. The van der Waals surface area contributed by atoms with Crippen LogP contribution >= 0.6 is 0 Å². The molecule has 0 bridgehead atoms. The smallest absolute Gasteiger partial charge is 0.257 e. The molecule has 0 radical (unpaired) electrons. The molecule has 37 heavy (non-hydrogen) atoms. The molecule has 4 aromatic rings. The van der Waals surface area contributed by atoms with E-state index in [4.69, 9.17) is 14.6 Å². The number of carbonyl (C=O) groups excluding carboxylic acids is 2. The third-order valence-corrected chi connectivity index (χ3v) is 6.48. The van der Waals surface area contributed by atoms with Gasteiger partial charge in [0.25, 0.3) is 11.8 Å². The van der Waals surface area contributed by atoms with Crippen molar-refractivity contribution in [3.8, 4) is 28.4 Å². The molecule has 1 aliphatic heterocycles. The average Bonchev–Trinajstić information content (AvgIpc) is 3.43. The van der Waals surface area contributed by atoms with Crippen LogP contribution in [0.15, 0.2) is 85.1 Å². The third-order valence-electron chi connectivity index (χ3n) is 6.48. The third kappa shape index (κ3) is 5.04. The fraction of sp³-hybridized carbons (Fsp3) is 0.207. The predicted octanol–water partition coefficient (Wildman–Crippen LogP) is 4.15. The van der Waals surface area contributed by atoms with Gasteiger partial charge in [-0.15, -0.1) is 0 Å². The lowest BCUT2D eigenvalue weighted by Gasteiger charge is -2.34. The lowest BCUT2D eigenvalue weighted by Crippen LogP contribution is -2.50. The largest absolute Gasteiger partial charge is 0.497 e. The molecule has 3 aromatic carbocycles. The number of hydrogen-bond donors (Lipinski definition) is 0. The molecular formula is C29H28N4O4. The van der Waals surface area contributed by atoms with E-state index in [1.807, 2.05) is 60.7 Å². The van der Waals surface area contributed by atoms with Crippen LogP contribution in [0.2, 0.25) is 0 Å². The fourth-order valence-corrected chi connectivity index (χ4v) is 4.45. The molecule has 1 aliphatic rings. The summed E-state index contributed by atoms with van der Waals surface area (Å²) in [4.78, 5) is 30.3. The second-order valence-electron chi connectivity index (χ2n) is 8.72. The molecule has 188 valence electrons. The number of amides is 2. The van der Waals surface area contributed by atoms with Crippen molar-refractivity contribution in [3.05, 3.63) is 96.2 Å². The highest BCUT2D eigenvalue weighted by molar-refractivity contribution is 6.00. The summed E-state index contributed by atoms with van der Waals surface area (Å²) >= 11 is 0. The Morgan fingerprint density at radius 1 is 0.730 bits per heavy atom. The van der Waals surface area contributed by atoms with Crippen LogP contribution in [-0.2, 0) is 0 Å². The fourth-order valence-electron chi connectivity index (χ4n) is 4.45. The minimum absolute atomic E-state index is 0.0695. The number of carbonyl (C=O) groups is 2. The first-order valence-electron chi connectivity index (χ1n) is 12.1. The molecule has 0 saturated carbocycles. The molecule has 1 fully saturated rings. The van der Waals surface area contributed by atoms with Crippen LogP contribution < -0.4 is 9.47 Å². The zero-order valence-corrected chi connectivity index (χ0v) is 20.8. The SMILES string of the molecule is COc1cccc(C(=O)N2CCN(C(=O)c3cn(-c4ccccc4)nc3-c3cccc(OC)c3)CC2)c1. The van der Waals surface area contributed by atoms with Gasteiger partial charge in [0.15, 0.2) is 0 Å². The van der Waals surface area contributed by atoms with Gasteiger partial charge in [-0.05, 0) is 42.5 Å². The average molecular weight is 497 g/mol. The van der Waals surface area contributed by atoms with Gasteiger partial charge in [-0.3, -0.25) is 9.59 Å². The molecule has 8 nitrogen and oxygen atoms in total. The maximum atomic E-state index is 13.7. The van der Waals surface area contributed by atoms with Crippen LogP contribution in [0.5, 0.6) is 11.5 Å². The number of nitrogens with zero attached hydrogens (tertiary/aromatic N) is 4. The van der Waals surface area contributed by atoms with Crippen molar-refractivity contribution in [3.63, 3.8) is 0 Å². The summed E-state index contributed by atoms with van der Waals surface area (Å²) in [6.45, 7) is 1.76. The van der Waals surface area contributed by atoms with Crippen LogP contribution in [0.1, 0.15) is 20.7 Å². The predicted molar refractivity (Wildman–Crippen MR) is 140 cm³/mol. The van der Waals surface area contributed by atoms with E-state index in [0.29, 0.717) is 54.5 Å². The standard InChI is InChI=1S/C29H28N4O4/c1-36-24-12-6-8-21(18-24)27-26(20-33(30-27)23-10-4-3-5-11-23)29(35)32-16-14-31(15-17-32)28(34)22-9-7-13-25(19-22)37-2/h3-13,18-20H,14-17H2,1-2H3. The summed E-state index contributed by atoms with van der Waals surface area (Å²) in [5.74, 6) is 1.14. The van der Waals surface area contributed by atoms with Gasteiger partial charge in [0, 0.05) is 43.5 Å². The molecule has 5 rings (SSSR count). The van der Waals surface area contributed by atoms with Gasteiger partial charge in [0.2, 0.25) is 0 Å². The summed E-state index contributed by atoms with van der Waals surface area (Å²) < 4.78 is 12.4. The molecule has 8 heteroatoms. The number of rotatable bonds is 6. The Bertz CT molecular complexity index is 1410. The lowest BCUT2D eigenvalue weighted by molar-refractivity contribution is 0.0535. The minimum atomic E-state index is -0.117. The summed E-state index contributed by atoms with van der Waals surface area (Å²) in [6.07, 6.45) is 1.78. The number of aromatic nitrogens is 2. The van der Waals surface area contributed by atoms with Crippen LogP contribution in [-0.4, -0.2) is 71.8 Å². The van der Waals surface area contributed by atoms with Crippen LogP contribution in [0.25, 0.3) is 16.9 Å². The first-order valence-corrected chi connectivity index (χ1v) is 12.1. The Morgan fingerprint density at radius 3 is 2.03 bits per heavy atom. The lowest BCUT2D eigenvalue weighted by atomic mass is 10.1. The Kier molecular flexibility index (Phi) is 6.89. The zero-order chi connectivity index (χ0) is 25.8. The molecule has 0 spiro atoms. The van der Waals surface area contributed by atoms with Crippen molar-refractivity contribution in [2.75, 3.05) is 40.4 Å². The van der Waals surface area contributed by atoms with Crippen molar-refractivity contribution in [2.45, 2.75) is 0 Å². The summed E-state index contributed by atoms with van der Waals surface area (Å²) in [5.41, 5.74) is 3.32. The van der Waals surface area contributed by atoms with Crippen LogP contribution in [0.3, 0.4) is 0 Å². The maximum absolute atomic E-state index is 13.7. The number of para-hydroxylation sites is 1. The number of piperazine rings is 1. The van der Waals surface area contributed by atoms with Crippen molar-refractivity contribution in [1.29, 1.82) is 0 Å². The van der Waals surface area contributed by atoms with Crippen molar-refractivity contribution in [2.24, 2.45) is 0 Å². The van der Waals surface area contributed by atoms with Gasteiger partial charge in [0.1, 0.15) is 17.2 Å². The zero-order valence-electron chi connectivity index (χ0n) is 20.8. The Labute approximate surface area is 215 Å². The van der Waals surface area contributed by atoms with Gasteiger partial charge < -0.3 is 19.3 Å². The maximum Gasteiger partial charge on any atom is 0.257 e. The Balaban J connectivity index is 1.38. The molecule has 2 amide bonds. The van der Waals surface area contributed by atoms with Gasteiger partial charge in [-0.2, -0.15) is 5.10 Å². The highest BCUT2D eigenvalue weighted by atomic mass is 16.5. The quantitative estimate of drug-likeness (QED) is 0.401. The second kappa shape index (κ2) is 10.6. The highest BCUT2D eigenvalue weighted by Gasteiger charge is 2.29. The van der Waals surface area contributed by atoms with E-state index in [0.717, 1.165) is 11.3 Å². The number of hydrogen-bond acceptors (Lipinski definition) is 5. The Hall–Kier alpha value is -4.59. The summed E-state index contributed by atoms with van der Waals surface area (Å²) in [6, 6.07) is 24.3.